The van der Waals surface area contributed by atoms with Crippen LogP contribution in [0.5, 0.6) is 11.5 Å². The molecule has 0 aromatic heterocycles. The van der Waals surface area contributed by atoms with Gasteiger partial charge in [-0.1, -0.05) is 25.1 Å². The van der Waals surface area contributed by atoms with E-state index in [1.54, 1.807) is 13.2 Å². The molecule has 1 amide bonds. The van der Waals surface area contributed by atoms with E-state index in [9.17, 15) is 4.79 Å². The van der Waals surface area contributed by atoms with Gasteiger partial charge in [0.1, 0.15) is 18.1 Å². The minimum Gasteiger partial charge on any atom is -0.496 e. The first-order chi connectivity index (χ1) is 14.4. The average molecular weight is 404 g/mol. The molecule has 156 valence electrons. The highest BCUT2D eigenvalue weighted by Gasteiger charge is 2.12. The fourth-order valence-corrected chi connectivity index (χ4v) is 3.37. The summed E-state index contributed by atoms with van der Waals surface area (Å²) >= 11 is 0. The number of anilines is 1. The van der Waals surface area contributed by atoms with Crippen LogP contribution in [-0.4, -0.2) is 13.0 Å². The molecule has 0 heterocycles. The Kier molecular flexibility index (Phi) is 6.78. The predicted octanol–water partition coefficient (Wildman–Crippen LogP) is 6.01. The molecule has 1 N–H and O–H groups in total. The second-order valence-corrected chi connectivity index (χ2v) is 7.52. The summed E-state index contributed by atoms with van der Waals surface area (Å²) in [4.78, 5) is 12.7. The van der Waals surface area contributed by atoms with Gasteiger partial charge in [-0.3, -0.25) is 4.79 Å². The molecule has 0 aliphatic carbocycles. The van der Waals surface area contributed by atoms with Crippen LogP contribution >= 0.6 is 0 Å². The lowest BCUT2D eigenvalue weighted by Crippen LogP contribution is -2.13. The molecule has 0 fully saturated rings. The number of methoxy groups -OCH3 is 1. The number of benzene rings is 3. The maximum absolute atomic E-state index is 12.7. The van der Waals surface area contributed by atoms with Gasteiger partial charge in [0.2, 0.25) is 0 Å². The molecule has 3 rings (SSSR count). The van der Waals surface area contributed by atoms with Crippen molar-refractivity contribution in [3.63, 3.8) is 0 Å². The Hall–Kier alpha value is -3.27. The monoisotopic (exact) mass is 403 g/mol. The Morgan fingerprint density at radius 1 is 0.933 bits per heavy atom. The van der Waals surface area contributed by atoms with Crippen molar-refractivity contribution in [2.75, 3.05) is 12.4 Å². The zero-order chi connectivity index (χ0) is 21.7. The van der Waals surface area contributed by atoms with Crippen molar-refractivity contribution in [2.24, 2.45) is 0 Å². The maximum atomic E-state index is 12.7. The summed E-state index contributed by atoms with van der Waals surface area (Å²) in [5.41, 5.74) is 6.86. The zero-order valence-electron chi connectivity index (χ0n) is 18.3. The van der Waals surface area contributed by atoms with E-state index >= 15 is 0 Å². The third-order valence-corrected chi connectivity index (χ3v) is 5.31. The SMILES string of the molecule is CCc1ccc(NC(=O)c2ccc(OC)c(COc3cc(C)cc(C)c3C)c2)cc1. The minimum atomic E-state index is -0.161. The molecule has 0 unspecified atom stereocenters. The summed E-state index contributed by atoms with van der Waals surface area (Å²) in [5.74, 6) is 1.38. The van der Waals surface area contributed by atoms with Gasteiger partial charge in [0.25, 0.3) is 5.91 Å². The molecule has 3 aromatic rings. The second kappa shape index (κ2) is 9.49. The van der Waals surface area contributed by atoms with Crippen molar-refractivity contribution < 1.29 is 14.3 Å². The lowest BCUT2D eigenvalue weighted by atomic mass is 10.1. The topological polar surface area (TPSA) is 47.6 Å². The zero-order valence-corrected chi connectivity index (χ0v) is 18.3. The van der Waals surface area contributed by atoms with Crippen LogP contribution in [0.25, 0.3) is 0 Å². The normalized spacial score (nSPS) is 10.6. The van der Waals surface area contributed by atoms with Gasteiger partial charge >= 0.3 is 0 Å². The van der Waals surface area contributed by atoms with Gasteiger partial charge in [-0.15, -0.1) is 0 Å². The number of nitrogens with one attached hydrogen (secondary N) is 1. The quantitative estimate of drug-likeness (QED) is 0.525. The van der Waals surface area contributed by atoms with Crippen LogP contribution in [0.4, 0.5) is 5.69 Å². The number of amides is 1. The lowest BCUT2D eigenvalue weighted by Gasteiger charge is -2.15. The molecule has 0 spiro atoms. The first kappa shape index (κ1) is 21.4. The maximum Gasteiger partial charge on any atom is 0.255 e. The third kappa shape index (κ3) is 5.01. The number of aryl methyl sites for hydroxylation is 3. The van der Waals surface area contributed by atoms with Gasteiger partial charge in [-0.05, 0) is 85.8 Å². The smallest absolute Gasteiger partial charge is 0.255 e. The van der Waals surface area contributed by atoms with Gasteiger partial charge in [0, 0.05) is 16.8 Å². The van der Waals surface area contributed by atoms with E-state index in [-0.39, 0.29) is 5.91 Å². The number of rotatable bonds is 7. The molecule has 0 radical (unpaired) electrons. The van der Waals surface area contributed by atoms with Crippen LogP contribution in [0.1, 0.15) is 45.1 Å². The minimum absolute atomic E-state index is 0.161. The highest BCUT2D eigenvalue weighted by atomic mass is 16.5. The molecule has 0 aliphatic heterocycles. The Bertz CT molecular complexity index is 1040. The van der Waals surface area contributed by atoms with Gasteiger partial charge < -0.3 is 14.8 Å². The Balaban J connectivity index is 1.78. The van der Waals surface area contributed by atoms with Crippen LogP contribution in [-0.2, 0) is 13.0 Å². The van der Waals surface area contributed by atoms with Crippen LogP contribution < -0.4 is 14.8 Å². The summed E-state index contributed by atoms with van der Waals surface area (Å²) in [6.45, 7) is 8.61. The summed E-state index contributed by atoms with van der Waals surface area (Å²) in [7, 11) is 1.62. The standard InChI is InChI=1S/C26H29NO3/c1-6-20-7-10-23(11-8-20)27-26(28)21-9-12-24(29-5)22(15-21)16-30-25-14-17(2)13-18(3)19(25)4/h7-15H,6,16H2,1-5H3,(H,27,28). The van der Waals surface area contributed by atoms with Crippen LogP contribution in [0.2, 0.25) is 0 Å². The number of carbonyl (C=O) groups excluding carboxylic acids is 1. The first-order valence-electron chi connectivity index (χ1n) is 10.2. The van der Waals surface area contributed by atoms with E-state index in [2.05, 4.69) is 39.1 Å². The molecule has 0 atom stereocenters. The van der Waals surface area contributed by atoms with Crippen molar-refractivity contribution in [3.05, 3.63) is 88.0 Å². The van der Waals surface area contributed by atoms with E-state index in [1.165, 1.54) is 11.1 Å². The Labute approximate surface area is 178 Å². The predicted molar refractivity (Wildman–Crippen MR) is 122 cm³/mol. The number of hydrogen-bond donors (Lipinski definition) is 1. The van der Waals surface area contributed by atoms with Crippen LogP contribution in [0, 0.1) is 20.8 Å². The van der Waals surface area contributed by atoms with E-state index in [0.29, 0.717) is 17.9 Å². The van der Waals surface area contributed by atoms with Gasteiger partial charge in [-0.25, -0.2) is 0 Å². The number of hydrogen-bond acceptors (Lipinski definition) is 3. The molecule has 4 nitrogen and oxygen atoms in total. The molecular formula is C26H29NO3. The second-order valence-electron chi connectivity index (χ2n) is 7.52. The van der Waals surface area contributed by atoms with Crippen molar-refractivity contribution in [1.29, 1.82) is 0 Å². The van der Waals surface area contributed by atoms with E-state index in [1.807, 2.05) is 42.5 Å². The van der Waals surface area contributed by atoms with Gasteiger partial charge in [0.15, 0.2) is 0 Å². The van der Waals surface area contributed by atoms with Crippen LogP contribution in [0.15, 0.2) is 54.6 Å². The van der Waals surface area contributed by atoms with Crippen molar-refractivity contribution in [1.82, 2.24) is 0 Å². The molecule has 0 saturated heterocycles. The summed E-state index contributed by atoms with van der Waals surface area (Å²) in [6.07, 6.45) is 0.968. The first-order valence-corrected chi connectivity index (χ1v) is 10.2. The van der Waals surface area contributed by atoms with Crippen molar-refractivity contribution in [2.45, 2.75) is 40.7 Å². The van der Waals surface area contributed by atoms with E-state index in [0.717, 1.165) is 34.5 Å². The molecule has 3 aromatic carbocycles. The summed E-state index contributed by atoms with van der Waals surface area (Å²) in [5, 5.41) is 2.95. The fourth-order valence-electron chi connectivity index (χ4n) is 3.37. The number of ether oxygens (including phenoxy) is 2. The molecule has 30 heavy (non-hydrogen) atoms. The molecule has 0 aliphatic rings. The largest absolute Gasteiger partial charge is 0.496 e. The van der Waals surface area contributed by atoms with E-state index < -0.39 is 0 Å². The molecular weight excluding hydrogens is 374 g/mol. The summed E-state index contributed by atoms with van der Waals surface area (Å²) < 4.78 is 11.6. The Morgan fingerprint density at radius 3 is 2.33 bits per heavy atom. The third-order valence-electron chi connectivity index (χ3n) is 5.31. The highest BCUT2D eigenvalue weighted by Crippen LogP contribution is 2.27. The van der Waals surface area contributed by atoms with Crippen molar-refractivity contribution in [3.8, 4) is 11.5 Å². The lowest BCUT2D eigenvalue weighted by molar-refractivity contribution is 0.102. The van der Waals surface area contributed by atoms with E-state index in [4.69, 9.17) is 9.47 Å². The number of carbonyl (C=O) groups is 1. The van der Waals surface area contributed by atoms with Crippen molar-refractivity contribution >= 4 is 11.6 Å². The Morgan fingerprint density at radius 2 is 1.67 bits per heavy atom. The van der Waals surface area contributed by atoms with Gasteiger partial charge in [-0.2, -0.15) is 0 Å². The van der Waals surface area contributed by atoms with Gasteiger partial charge in [0.05, 0.1) is 7.11 Å². The molecule has 0 saturated carbocycles. The molecule has 0 bridgehead atoms. The highest BCUT2D eigenvalue weighted by molar-refractivity contribution is 6.04. The van der Waals surface area contributed by atoms with Crippen LogP contribution in [0.3, 0.4) is 0 Å². The fraction of sp³-hybridized carbons (Fsp3) is 0.269. The average Bonchev–Trinajstić information content (AvgIpc) is 2.75. The summed E-state index contributed by atoms with van der Waals surface area (Å²) in [6, 6.07) is 17.5. The molecule has 4 heteroatoms.